The van der Waals surface area contributed by atoms with Crippen molar-refractivity contribution in [1.29, 1.82) is 0 Å². The molecule has 1 fully saturated rings. The average molecular weight is 1100 g/mol. The predicted octanol–water partition coefficient (Wildman–Crippen LogP) is 16.9. The Morgan fingerprint density at radius 2 is 1.48 bits per heavy atom. The number of aromatic nitrogens is 3. The Balaban J connectivity index is 0.0000138. The van der Waals surface area contributed by atoms with Crippen molar-refractivity contribution in [1.82, 2.24) is 14.5 Å². The number of rotatable bonds is 8. The standard InChI is InChI=1S/C62H74N3O.Pt/c1-37(2)44-28-45(38(3)4)30-46(29-44)42-23-24-55(40(6)27-42)65-56-18-16-17-51(57(56)64-59(65)52-35-50(61(10,11)12)36-53(58(52)66)62(13,14)15)47-31-48(33-49(32-47)60(7,8)9)54-34-43(25-26-63-54)41-21-19-39(5)20-22-41;/h16-27,32-38,44-46,66H,28-30H2,1-15H3;/q-1;/i5D3,6D3,10D3,11D3,12D3,13D3,14D3,15D3,19D,20D,21D,22D,25D,26D,34D,37D;. The van der Waals surface area contributed by atoms with Crippen molar-refractivity contribution in [2.24, 2.45) is 23.6 Å². The van der Waals surface area contributed by atoms with Crippen molar-refractivity contribution in [3.8, 4) is 56.3 Å². The van der Waals surface area contributed by atoms with Gasteiger partial charge < -0.3 is 5.11 Å². The summed E-state index contributed by atoms with van der Waals surface area (Å²) in [6.07, 6.45) is 0.891. The topological polar surface area (TPSA) is 50.9 Å². The van der Waals surface area contributed by atoms with Crippen molar-refractivity contribution in [2.45, 2.75) is 145 Å². The fourth-order valence-electron chi connectivity index (χ4n) is 8.98. The summed E-state index contributed by atoms with van der Waals surface area (Å²) in [4.78, 5) is 9.26. The largest absolute Gasteiger partial charge is 0.507 e. The molecule has 0 spiro atoms. The van der Waals surface area contributed by atoms with Gasteiger partial charge in [-0.2, -0.15) is 0 Å². The van der Waals surface area contributed by atoms with Crippen LogP contribution in [0, 0.1) is 43.4 Å². The molecule has 4 nitrogen and oxygen atoms in total. The number of aromatic hydroxyl groups is 1. The van der Waals surface area contributed by atoms with Gasteiger partial charge in [-0.15, -0.1) is 29.3 Å². The summed E-state index contributed by atoms with van der Waals surface area (Å²) >= 11 is 0. The molecule has 2 heterocycles. The van der Waals surface area contributed by atoms with Crippen molar-refractivity contribution < 1.29 is 70.0 Å². The molecule has 3 unspecified atom stereocenters. The summed E-state index contributed by atoms with van der Waals surface area (Å²) in [6.45, 7) is -18.9. The average Bonchev–Trinajstić information content (AvgIpc) is 1.33. The Kier molecular flexibility index (Phi) is 6.56. The zero-order valence-electron chi connectivity index (χ0n) is 70.3. The Bertz CT molecular complexity index is 4160. The quantitative estimate of drug-likeness (QED) is 0.154. The van der Waals surface area contributed by atoms with Gasteiger partial charge in [0.2, 0.25) is 0 Å². The van der Waals surface area contributed by atoms with Crippen LogP contribution in [0.2, 0.25) is 0 Å². The van der Waals surface area contributed by atoms with E-state index in [-0.39, 0.29) is 84.2 Å². The minimum atomic E-state index is -4.35. The normalized spacial score (nSPS) is 25.7. The van der Waals surface area contributed by atoms with Gasteiger partial charge in [-0.05, 0) is 131 Å². The first-order chi connectivity index (χ1) is 44.1. The van der Waals surface area contributed by atoms with Crippen LogP contribution in [0.5, 0.6) is 5.75 Å². The molecule has 1 saturated carbocycles. The molecule has 0 saturated heterocycles. The van der Waals surface area contributed by atoms with Gasteiger partial charge in [0.15, 0.2) is 0 Å². The van der Waals surface area contributed by atoms with Gasteiger partial charge in [-0.25, -0.2) is 4.98 Å². The van der Waals surface area contributed by atoms with Gasteiger partial charge in [0.25, 0.3) is 0 Å². The SMILES string of the molecule is [2H]c1nc(-c2[c-]c(-c3cccc4c3nc(-c3cc(C(C([2H])([2H])[2H])(C([2H])([2H])[2H])C([2H])([2H])[2H])cc(C(C([2H])([2H])[2H])(C([2H])([2H])[2H])C([2H])([2H])[2H])c3O)n4-c3ccc(C4CC(C(C)C)CC(C([2H])(C)C)C4)cc3C([2H])([2H])[2H])cc(C(C)(C)C)c2)c([2H])c(-c2c([2H])c([2H])c(C([2H])([2H])[2H])c([2H])c2[2H])c1[2H].[Pt]. The number of benzene rings is 5. The number of para-hydroxylation sites is 1. The molecular weight excluding hydrogens is 998 g/mol. The molecule has 7 aromatic rings. The molecule has 67 heavy (non-hydrogen) atoms. The van der Waals surface area contributed by atoms with Gasteiger partial charge in [0.05, 0.1) is 31.9 Å². The molecule has 8 rings (SSSR count). The van der Waals surface area contributed by atoms with Crippen LogP contribution in [0.4, 0.5) is 0 Å². The zero-order valence-corrected chi connectivity index (χ0v) is 40.6. The van der Waals surface area contributed by atoms with Crippen LogP contribution in [0.3, 0.4) is 0 Å². The summed E-state index contributed by atoms with van der Waals surface area (Å²) in [5.74, 6) is -3.64. The van der Waals surface area contributed by atoms with Crippen LogP contribution in [0.1, 0.15) is 192 Å². The fourth-order valence-corrected chi connectivity index (χ4v) is 8.98. The van der Waals surface area contributed by atoms with E-state index in [9.17, 15) is 10.6 Å². The van der Waals surface area contributed by atoms with E-state index in [4.69, 9.17) is 43.4 Å². The number of phenolic OH excluding ortho intramolecular Hbond substituents is 1. The van der Waals surface area contributed by atoms with Crippen LogP contribution in [-0.4, -0.2) is 19.6 Å². The molecule has 0 amide bonds. The Morgan fingerprint density at radius 3 is 2.15 bits per heavy atom. The number of fused-ring (bicyclic) bond motifs is 1. The van der Waals surface area contributed by atoms with Gasteiger partial charge in [0, 0.05) is 72.8 Å². The molecule has 2 aromatic heterocycles. The van der Waals surface area contributed by atoms with E-state index < -0.39 is 176 Å². The Hall–Kier alpha value is -4.79. The number of hydrogen-bond donors (Lipinski definition) is 1. The number of hydrogen-bond acceptors (Lipinski definition) is 3. The summed E-state index contributed by atoms with van der Waals surface area (Å²) in [7, 11) is 0. The van der Waals surface area contributed by atoms with Crippen LogP contribution < -0.4 is 0 Å². The smallest absolute Gasteiger partial charge is 0.148 e. The molecule has 5 aromatic carbocycles. The third-order valence-electron chi connectivity index (χ3n) is 12.9. The number of imidazole rings is 1. The van der Waals surface area contributed by atoms with Crippen LogP contribution >= 0.6 is 0 Å². The van der Waals surface area contributed by atoms with Crippen LogP contribution in [-0.2, 0) is 37.3 Å². The monoisotopic (exact) mass is 1100 g/mol. The van der Waals surface area contributed by atoms with E-state index >= 15 is 0 Å². The van der Waals surface area contributed by atoms with Crippen LogP contribution in [0.25, 0.3) is 61.6 Å². The molecule has 1 aliphatic rings. The first-order valence-electron chi connectivity index (χ1n) is 37.8. The molecule has 354 valence electrons. The van der Waals surface area contributed by atoms with Gasteiger partial charge in [-0.1, -0.05) is 167 Å². The minimum Gasteiger partial charge on any atom is -0.507 e. The van der Waals surface area contributed by atoms with Crippen molar-refractivity contribution >= 4 is 11.0 Å². The molecule has 3 atom stereocenters. The molecule has 0 radical (unpaired) electrons. The molecule has 1 aliphatic carbocycles. The molecule has 0 aliphatic heterocycles. The molecule has 0 bridgehead atoms. The number of phenols is 1. The summed E-state index contributed by atoms with van der Waals surface area (Å²) in [6, 6.07) is 10.1. The summed E-state index contributed by atoms with van der Waals surface area (Å²) < 4.78 is 283. The predicted molar refractivity (Wildman–Crippen MR) is 280 cm³/mol. The van der Waals surface area contributed by atoms with E-state index in [0.29, 0.717) is 36.5 Å². The van der Waals surface area contributed by atoms with Crippen molar-refractivity contribution in [3.05, 3.63) is 143 Å². The second-order valence-corrected chi connectivity index (χ2v) is 19.2. The Labute approximate surface area is 462 Å². The zero-order chi connectivity index (χ0) is 74.6. The minimum absolute atomic E-state index is 0. The van der Waals surface area contributed by atoms with Gasteiger partial charge in [0.1, 0.15) is 11.6 Å². The van der Waals surface area contributed by atoms with E-state index in [2.05, 4.69) is 11.1 Å². The molecular formula is C62H74N3OPt-. The van der Waals surface area contributed by atoms with Gasteiger partial charge in [-0.3, -0.25) is 9.55 Å². The third kappa shape index (κ3) is 10.3. The second-order valence-electron chi connectivity index (χ2n) is 19.2. The second kappa shape index (κ2) is 18.9. The van der Waals surface area contributed by atoms with E-state index in [1.807, 2.05) is 13.8 Å². The first kappa shape index (κ1) is 23.2. The van der Waals surface area contributed by atoms with Gasteiger partial charge >= 0.3 is 0 Å². The van der Waals surface area contributed by atoms with E-state index in [1.165, 1.54) is 36.4 Å². The molecule has 1 N–H and O–H groups in total. The summed E-state index contributed by atoms with van der Waals surface area (Å²) in [5, 5.41) is 13.1. The number of aryl methyl sites for hydroxylation is 1. The maximum Gasteiger partial charge on any atom is 0.148 e. The maximum atomic E-state index is 13.1. The van der Waals surface area contributed by atoms with E-state index in [0.717, 1.165) is 4.57 Å². The van der Waals surface area contributed by atoms with E-state index in [1.54, 1.807) is 46.8 Å². The fraction of sp³-hybridized carbons (Fsp3) is 0.419. The maximum absolute atomic E-state index is 13.1. The molecule has 5 heteroatoms. The Morgan fingerprint density at radius 1 is 0.761 bits per heavy atom. The first-order valence-corrected chi connectivity index (χ1v) is 21.8. The van der Waals surface area contributed by atoms with Crippen molar-refractivity contribution in [3.63, 3.8) is 0 Å². The van der Waals surface area contributed by atoms with Crippen molar-refractivity contribution in [2.75, 3.05) is 0 Å². The number of pyridine rings is 1. The number of nitrogens with zero attached hydrogens (tertiary/aromatic N) is 3. The van der Waals surface area contributed by atoms with Crippen LogP contribution in [0.15, 0.2) is 103 Å². The summed E-state index contributed by atoms with van der Waals surface area (Å²) in [5.41, 5.74) is -16.8. The third-order valence-corrected chi connectivity index (χ3v) is 12.9.